The van der Waals surface area contributed by atoms with Crippen LogP contribution < -0.4 is 17.0 Å². The van der Waals surface area contributed by atoms with Crippen LogP contribution in [0.25, 0.3) is 0 Å². The van der Waals surface area contributed by atoms with E-state index in [0.717, 1.165) is 26.1 Å². The molecule has 94 valence electrons. The Bertz CT molecular complexity index is 242. The van der Waals surface area contributed by atoms with Crippen LogP contribution in [0.3, 0.4) is 0 Å². The van der Waals surface area contributed by atoms with Gasteiger partial charge in [-0.15, -0.1) is 0 Å². The van der Waals surface area contributed by atoms with Gasteiger partial charge in [-0.1, -0.05) is 13.8 Å². The second-order valence-corrected chi connectivity index (χ2v) is 3.52. The van der Waals surface area contributed by atoms with Gasteiger partial charge in [-0.2, -0.15) is 0 Å². The summed E-state index contributed by atoms with van der Waals surface area (Å²) in [5.41, 5.74) is 0. The van der Waals surface area contributed by atoms with E-state index in [1.165, 1.54) is 0 Å². The molecule has 16 heavy (non-hydrogen) atoms. The molecule has 0 unspecified atom stereocenters. The van der Waals surface area contributed by atoms with Gasteiger partial charge in [0.15, 0.2) is 13.5 Å². The lowest BCUT2D eigenvalue weighted by Gasteiger charge is -1.98. The molecule has 1 rings (SSSR count). The summed E-state index contributed by atoms with van der Waals surface area (Å²) in [7, 11) is 0. The van der Waals surface area contributed by atoms with Crippen molar-refractivity contribution in [3.05, 3.63) is 18.7 Å². The number of aromatic nitrogens is 2. The number of rotatable bonds is 8. The zero-order valence-electron chi connectivity index (χ0n) is 10.1. The number of halogens is 1. The van der Waals surface area contributed by atoms with E-state index in [1.807, 2.05) is 27.9 Å². The molecule has 4 nitrogen and oxygen atoms in total. The first-order valence-electron chi connectivity index (χ1n) is 5.57. The Kier molecular flexibility index (Phi) is 9.28. The molecule has 0 saturated carbocycles. The molecule has 0 amide bonds. The molecular formula is C11H21ClN2O2. The number of nitrogens with zero attached hydrogens (tertiary/aromatic N) is 2. The highest BCUT2D eigenvalue weighted by Crippen LogP contribution is 1.89. The molecule has 0 aliphatic heterocycles. The van der Waals surface area contributed by atoms with E-state index in [0.29, 0.717) is 13.5 Å². The quantitative estimate of drug-likeness (QED) is 0.416. The topological polar surface area (TPSA) is 27.3 Å². The summed E-state index contributed by atoms with van der Waals surface area (Å²) in [4.78, 5) is 0. The van der Waals surface area contributed by atoms with Gasteiger partial charge in [0.2, 0.25) is 6.33 Å². The second kappa shape index (κ2) is 9.63. The van der Waals surface area contributed by atoms with Crippen LogP contribution in [0.2, 0.25) is 0 Å². The molecule has 0 atom stereocenters. The van der Waals surface area contributed by atoms with Crippen LogP contribution >= 0.6 is 0 Å². The van der Waals surface area contributed by atoms with E-state index >= 15 is 0 Å². The SMILES string of the molecule is CCCOCn1cc[n+](COCCC)c1.[Cl-]. The minimum absolute atomic E-state index is 0. The summed E-state index contributed by atoms with van der Waals surface area (Å²) in [5, 5.41) is 0. The van der Waals surface area contributed by atoms with Crippen molar-refractivity contribution < 1.29 is 26.4 Å². The summed E-state index contributed by atoms with van der Waals surface area (Å²) in [5.74, 6) is 0. The minimum Gasteiger partial charge on any atom is -1.00 e. The first kappa shape index (κ1) is 15.4. The van der Waals surface area contributed by atoms with Crippen LogP contribution in [0.5, 0.6) is 0 Å². The number of hydrogen-bond donors (Lipinski definition) is 0. The predicted octanol–water partition coefficient (Wildman–Crippen LogP) is -1.45. The van der Waals surface area contributed by atoms with E-state index < -0.39 is 0 Å². The monoisotopic (exact) mass is 248 g/mol. The van der Waals surface area contributed by atoms with Crippen molar-refractivity contribution in [2.75, 3.05) is 13.2 Å². The van der Waals surface area contributed by atoms with Crippen molar-refractivity contribution in [3.8, 4) is 0 Å². The van der Waals surface area contributed by atoms with Gasteiger partial charge in [-0.05, 0) is 12.8 Å². The molecule has 1 aromatic rings. The molecule has 0 N–H and O–H groups in total. The number of ether oxygens (including phenoxy) is 2. The summed E-state index contributed by atoms with van der Waals surface area (Å²) in [6, 6.07) is 0. The van der Waals surface area contributed by atoms with E-state index in [2.05, 4.69) is 13.8 Å². The molecule has 0 radical (unpaired) electrons. The summed E-state index contributed by atoms with van der Waals surface area (Å²) in [6.45, 7) is 7.07. The maximum atomic E-state index is 5.42. The van der Waals surface area contributed by atoms with Crippen molar-refractivity contribution in [2.24, 2.45) is 0 Å². The largest absolute Gasteiger partial charge is 1.00 e. The third-order valence-electron chi connectivity index (χ3n) is 1.92. The first-order chi connectivity index (χ1) is 7.36. The average Bonchev–Trinajstić information content (AvgIpc) is 2.67. The summed E-state index contributed by atoms with van der Waals surface area (Å²) < 4.78 is 14.8. The standard InChI is InChI=1S/C11H21N2O2.ClH/c1-3-7-14-10-12-5-6-13(9-12)11-15-8-4-2;/h5-6,9H,3-4,7-8,10-11H2,1-2H3;1H/q+1;/p-1. The van der Waals surface area contributed by atoms with Gasteiger partial charge in [-0.3, -0.25) is 0 Å². The molecule has 1 heterocycles. The fourth-order valence-electron chi connectivity index (χ4n) is 1.22. The Morgan fingerprint density at radius 2 is 1.81 bits per heavy atom. The minimum atomic E-state index is 0. The lowest BCUT2D eigenvalue weighted by molar-refractivity contribution is -0.732. The van der Waals surface area contributed by atoms with Crippen molar-refractivity contribution >= 4 is 0 Å². The molecule has 0 aromatic carbocycles. The summed E-state index contributed by atoms with van der Waals surface area (Å²) >= 11 is 0. The highest BCUT2D eigenvalue weighted by atomic mass is 35.5. The second-order valence-electron chi connectivity index (χ2n) is 3.52. The Hall–Kier alpha value is -0.580. The number of imidazole rings is 1. The smallest absolute Gasteiger partial charge is 0.247 e. The molecule has 0 spiro atoms. The highest BCUT2D eigenvalue weighted by Gasteiger charge is 2.02. The third-order valence-corrected chi connectivity index (χ3v) is 1.92. The Morgan fingerprint density at radius 3 is 2.50 bits per heavy atom. The van der Waals surface area contributed by atoms with Crippen molar-refractivity contribution in [3.63, 3.8) is 0 Å². The lowest BCUT2D eigenvalue weighted by Crippen LogP contribution is -3.00. The van der Waals surface area contributed by atoms with Gasteiger partial charge >= 0.3 is 0 Å². The van der Waals surface area contributed by atoms with Crippen molar-refractivity contribution in [1.29, 1.82) is 0 Å². The zero-order chi connectivity index (χ0) is 10.9. The predicted molar refractivity (Wildman–Crippen MR) is 57.1 cm³/mol. The van der Waals surface area contributed by atoms with Gasteiger partial charge in [-0.25, -0.2) is 9.13 Å². The number of hydrogen-bond acceptors (Lipinski definition) is 2. The van der Waals surface area contributed by atoms with Crippen LogP contribution in [0.1, 0.15) is 26.7 Å². The maximum absolute atomic E-state index is 5.42. The lowest BCUT2D eigenvalue weighted by atomic mass is 10.5. The normalized spacial score (nSPS) is 10.1. The van der Waals surface area contributed by atoms with Gasteiger partial charge < -0.3 is 21.9 Å². The molecule has 0 aliphatic rings. The molecular weight excluding hydrogens is 228 g/mol. The molecule has 0 bridgehead atoms. The van der Waals surface area contributed by atoms with E-state index in [-0.39, 0.29) is 12.4 Å². The highest BCUT2D eigenvalue weighted by molar-refractivity contribution is 4.63. The van der Waals surface area contributed by atoms with Gasteiger partial charge in [0, 0.05) is 0 Å². The van der Waals surface area contributed by atoms with E-state index in [1.54, 1.807) is 0 Å². The van der Waals surface area contributed by atoms with Crippen molar-refractivity contribution in [2.45, 2.75) is 40.2 Å². The van der Waals surface area contributed by atoms with E-state index in [4.69, 9.17) is 9.47 Å². The Balaban J connectivity index is 0.00000225. The average molecular weight is 249 g/mol. The Labute approximate surface area is 104 Å². The van der Waals surface area contributed by atoms with Crippen LogP contribution in [-0.4, -0.2) is 17.8 Å². The summed E-state index contributed by atoms with van der Waals surface area (Å²) in [6.07, 6.45) is 8.09. The molecule has 5 heteroatoms. The van der Waals surface area contributed by atoms with Gasteiger partial charge in [0.05, 0.1) is 13.2 Å². The van der Waals surface area contributed by atoms with Crippen LogP contribution in [0.4, 0.5) is 0 Å². The van der Waals surface area contributed by atoms with Crippen LogP contribution in [0, 0.1) is 0 Å². The fourth-order valence-corrected chi connectivity index (χ4v) is 1.22. The first-order valence-corrected chi connectivity index (χ1v) is 5.57. The molecule has 0 fully saturated rings. The van der Waals surface area contributed by atoms with Crippen LogP contribution in [-0.2, 0) is 22.9 Å². The Morgan fingerprint density at radius 1 is 1.12 bits per heavy atom. The third kappa shape index (κ3) is 6.10. The molecule has 0 aliphatic carbocycles. The van der Waals surface area contributed by atoms with Gasteiger partial charge in [0.1, 0.15) is 12.4 Å². The fraction of sp³-hybridized carbons (Fsp3) is 0.727. The van der Waals surface area contributed by atoms with Crippen molar-refractivity contribution in [1.82, 2.24) is 4.57 Å². The molecule has 0 saturated heterocycles. The van der Waals surface area contributed by atoms with Crippen LogP contribution in [0.15, 0.2) is 18.7 Å². The molecule has 1 aromatic heterocycles. The zero-order valence-corrected chi connectivity index (χ0v) is 10.8. The van der Waals surface area contributed by atoms with Gasteiger partial charge in [0.25, 0.3) is 0 Å². The maximum Gasteiger partial charge on any atom is 0.247 e. The van der Waals surface area contributed by atoms with E-state index in [9.17, 15) is 0 Å².